The maximum absolute atomic E-state index is 9.83. The normalized spacial score (nSPS) is 12.2. The van der Waals surface area contributed by atoms with Crippen molar-refractivity contribution in [2.45, 2.75) is 26.0 Å². The van der Waals surface area contributed by atoms with Crippen molar-refractivity contribution in [1.82, 2.24) is 20.0 Å². The van der Waals surface area contributed by atoms with Crippen molar-refractivity contribution in [3.63, 3.8) is 0 Å². The van der Waals surface area contributed by atoms with E-state index in [0.717, 1.165) is 11.1 Å². The molecule has 1 N–H and O–H groups in total. The summed E-state index contributed by atoms with van der Waals surface area (Å²) in [5.74, 6) is 0.563. The summed E-state index contributed by atoms with van der Waals surface area (Å²) in [6.07, 6.45) is 1.69. The first-order chi connectivity index (χ1) is 9.02. The molecule has 0 unspecified atom stereocenters. The fraction of sp³-hybridized carbons (Fsp3) is 0.308. The predicted molar refractivity (Wildman–Crippen MR) is 68.4 cm³/mol. The molecule has 0 bridgehead atoms. The Balaban J connectivity index is 1.86. The van der Waals surface area contributed by atoms with E-state index in [-0.39, 0.29) is 0 Å². The number of fused-ring (bicyclic) bond motifs is 1. The van der Waals surface area contributed by atoms with E-state index in [4.69, 9.17) is 4.42 Å². The minimum absolute atomic E-state index is 0.387. The summed E-state index contributed by atoms with van der Waals surface area (Å²) in [4.78, 5) is 4.36. The lowest BCUT2D eigenvalue weighted by Crippen LogP contribution is -2.15. The van der Waals surface area contributed by atoms with Crippen LogP contribution in [0.4, 0.5) is 0 Å². The molecule has 3 aromatic rings. The molecular weight excluding hydrogens is 244 g/mol. The second-order valence-electron chi connectivity index (χ2n) is 4.94. The first-order valence-electron chi connectivity index (χ1n) is 6.00. The molecule has 0 aliphatic carbocycles. The highest BCUT2D eigenvalue weighted by Crippen LogP contribution is 2.18. The van der Waals surface area contributed by atoms with Crippen LogP contribution in [-0.4, -0.2) is 25.1 Å². The number of rotatable bonds is 3. The number of aromatic nitrogens is 4. The van der Waals surface area contributed by atoms with Gasteiger partial charge in [0.05, 0.1) is 6.20 Å². The van der Waals surface area contributed by atoms with E-state index < -0.39 is 5.60 Å². The van der Waals surface area contributed by atoms with Crippen LogP contribution in [0, 0.1) is 0 Å². The number of hydrogen-bond acceptors (Lipinski definition) is 5. The Morgan fingerprint density at radius 3 is 2.79 bits per heavy atom. The van der Waals surface area contributed by atoms with Crippen LogP contribution in [0.5, 0.6) is 0 Å². The molecule has 2 heterocycles. The third-order valence-electron chi connectivity index (χ3n) is 2.80. The number of benzene rings is 1. The minimum Gasteiger partial charge on any atom is -0.439 e. The molecule has 19 heavy (non-hydrogen) atoms. The summed E-state index contributed by atoms with van der Waals surface area (Å²) in [5.41, 5.74) is 1.09. The largest absolute Gasteiger partial charge is 0.439 e. The summed E-state index contributed by atoms with van der Waals surface area (Å²) in [6, 6.07) is 7.58. The summed E-state index contributed by atoms with van der Waals surface area (Å²) in [7, 11) is 0. The molecule has 0 aliphatic heterocycles. The summed E-state index contributed by atoms with van der Waals surface area (Å²) >= 11 is 0. The number of para-hydroxylation sites is 2. The average Bonchev–Trinajstić information content (AvgIpc) is 2.94. The van der Waals surface area contributed by atoms with E-state index >= 15 is 0 Å². The molecular formula is C13H14N4O2. The van der Waals surface area contributed by atoms with Crippen molar-refractivity contribution < 1.29 is 9.52 Å². The van der Waals surface area contributed by atoms with Crippen LogP contribution in [0.2, 0.25) is 0 Å². The van der Waals surface area contributed by atoms with Gasteiger partial charge in [0.25, 0.3) is 0 Å². The first-order valence-corrected chi connectivity index (χ1v) is 6.00. The first kappa shape index (κ1) is 11.9. The maximum Gasteiger partial charge on any atom is 0.217 e. The molecule has 0 saturated carbocycles. The smallest absolute Gasteiger partial charge is 0.217 e. The van der Waals surface area contributed by atoms with Crippen LogP contribution in [0.15, 0.2) is 34.9 Å². The zero-order chi connectivity index (χ0) is 13.5. The molecule has 0 amide bonds. The van der Waals surface area contributed by atoms with Gasteiger partial charge in [-0.2, -0.15) is 0 Å². The lowest BCUT2D eigenvalue weighted by molar-refractivity contribution is 0.0737. The highest BCUT2D eigenvalue weighted by Gasteiger charge is 2.20. The SMILES string of the molecule is CC(C)(O)c1cn(Cc2nc3ccccc3o2)nn1. The fourth-order valence-corrected chi connectivity index (χ4v) is 1.78. The van der Waals surface area contributed by atoms with E-state index in [2.05, 4.69) is 15.3 Å². The molecule has 98 valence electrons. The van der Waals surface area contributed by atoms with Gasteiger partial charge in [-0.15, -0.1) is 5.10 Å². The molecule has 0 radical (unpaired) electrons. The Kier molecular flexibility index (Phi) is 2.60. The summed E-state index contributed by atoms with van der Waals surface area (Å²) in [5, 5.41) is 17.7. The standard InChI is InChI=1S/C13H14N4O2/c1-13(2,18)11-7-17(16-15-11)8-12-14-9-5-3-4-6-10(9)19-12/h3-7,18H,8H2,1-2H3. The van der Waals surface area contributed by atoms with Crippen molar-refractivity contribution in [3.05, 3.63) is 42.0 Å². The second-order valence-corrected chi connectivity index (χ2v) is 4.94. The monoisotopic (exact) mass is 258 g/mol. The van der Waals surface area contributed by atoms with Crippen molar-refractivity contribution in [2.24, 2.45) is 0 Å². The molecule has 6 nitrogen and oxygen atoms in total. The van der Waals surface area contributed by atoms with Gasteiger partial charge in [-0.05, 0) is 26.0 Å². The van der Waals surface area contributed by atoms with Crippen LogP contribution in [0.25, 0.3) is 11.1 Å². The molecule has 2 aromatic heterocycles. The number of hydrogen-bond donors (Lipinski definition) is 1. The van der Waals surface area contributed by atoms with Gasteiger partial charge in [-0.1, -0.05) is 17.3 Å². The van der Waals surface area contributed by atoms with Crippen LogP contribution >= 0.6 is 0 Å². The molecule has 0 fully saturated rings. The van der Waals surface area contributed by atoms with Gasteiger partial charge in [-0.3, -0.25) is 0 Å². The van der Waals surface area contributed by atoms with Gasteiger partial charge in [0, 0.05) is 0 Å². The van der Waals surface area contributed by atoms with Crippen LogP contribution in [-0.2, 0) is 12.1 Å². The van der Waals surface area contributed by atoms with Gasteiger partial charge in [0.1, 0.15) is 23.4 Å². The van der Waals surface area contributed by atoms with Crippen molar-refractivity contribution in [2.75, 3.05) is 0 Å². The zero-order valence-electron chi connectivity index (χ0n) is 10.7. The van der Waals surface area contributed by atoms with E-state index in [9.17, 15) is 5.11 Å². The van der Waals surface area contributed by atoms with Gasteiger partial charge >= 0.3 is 0 Å². The summed E-state index contributed by atoms with van der Waals surface area (Å²) < 4.78 is 7.20. The molecule has 0 aliphatic rings. The zero-order valence-corrected chi connectivity index (χ0v) is 10.7. The van der Waals surface area contributed by atoms with Gasteiger partial charge in [0.2, 0.25) is 5.89 Å². The lowest BCUT2D eigenvalue weighted by atomic mass is 10.1. The van der Waals surface area contributed by atoms with Gasteiger partial charge in [-0.25, -0.2) is 9.67 Å². The Hall–Kier alpha value is -2.21. The number of oxazole rings is 1. The van der Waals surface area contributed by atoms with Crippen LogP contribution in [0.1, 0.15) is 25.4 Å². The van der Waals surface area contributed by atoms with Crippen molar-refractivity contribution in [1.29, 1.82) is 0 Å². The maximum atomic E-state index is 9.83. The topological polar surface area (TPSA) is 77.0 Å². The summed E-state index contributed by atoms with van der Waals surface area (Å²) in [6.45, 7) is 3.72. The Bertz CT molecular complexity index is 676. The molecule has 0 saturated heterocycles. The lowest BCUT2D eigenvalue weighted by Gasteiger charge is -2.11. The third-order valence-corrected chi connectivity index (χ3v) is 2.80. The van der Waals surface area contributed by atoms with Crippen molar-refractivity contribution >= 4 is 11.1 Å². The van der Waals surface area contributed by atoms with E-state index in [1.807, 2.05) is 24.3 Å². The van der Waals surface area contributed by atoms with E-state index in [1.54, 1.807) is 24.7 Å². The number of aliphatic hydroxyl groups is 1. The highest BCUT2D eigenvalue weighted by atomic mass is 16.3. The molecule has 6 heteroatoms. The molecule has 0 atom stereocenters. The van der Waals surface area contributed by atoms with Crippen molar-refractivity contribution in [3.8, 4) is 0 Å². The average molecular weight is 258 g/mol. The van der Waals surface area contributed by atoms with Gasteiger partial charge < -0.3 is 9.52 Å². The number of nitrogens with zero attached hydrogens (tertiary/aromatic N) is 4. The Morgan fingerprint density at radius 2 is 2.11 bits per heavy atom. The fourth-order valence-electron chi connectivity index (χ4n) is 1.78. The van der Waals surface area contributed by atoms with Crippen LogP contribution < -0.4 is 0 Å². The Labute approximate surface area is 109 Å². The molecule has 1 aromatic carbocycles. The third kappa shape index (κ3) is 2.34. The minimum atomic E-state index is -1.00. The quantitative estimate of drug-likeness (QED) is 0.773. The van der Waals surface area contributed by atoms with Crippen LogP contribution in [0.3, 0.4) is 0 Å². The van der Waals surface area contributed by atoms with E-state index in [1.165, 1.54) is 0 Å². The predicted octanol–water partition coefficient (Wildman–Crippen LogP) is 1.69. The highest BCUT2D eigenvalue weighted by molar-refractivity contribution is 5.72. The van der Waals surface area contributed by atoms with Gasteiger partial charge in [0.15, 0.2) is 5.58 Å². The molecule has 3 rings (SSSR count). The van der Waals surface area contributed by atoms with E-state index in [0.29, 0.717) is 18.1 Å². The Morgan fingerprint density at radius 1 is 1.32 bits per heavy atom. The molecule has 0 spiro atoms. The second kappa shape index (κ2) is 4.17.